The van der Waals surface area contributed by atoms with E-state index in [2.05, 4.69) is 37.7 Å². The quantitative estimate of drug-likeness (QED) is 0.187. The molecule has 0 spiro atoms. The first-order valence-electron chi connectivity index (χ1n) is 11.5. The van der Waals surface area contributed by atoms with Crippen molar-refractivity contribution in [1.29, 1.82) is 0 Å². The number of H-pyrrole nitrogens is 1. The van der Waals surface area contributed by atoms with E-state index in [0.717, 1.165) is 69.2 Å². The number of nitrogens with one attached hydrogen (secondary N) is 3. The van der Waals surface area contributed by atoms with Gasteiger partial charge in [0, 0.05) is 46.5 Å². The molecule has 11 heteroatoms. The second kappa shape index (κ2) is 13.0. The zero-order valence-corrected chi connectivity index (χ0v) is 23.3. The van der Waals surface area contributed by atoms with Crippen molar-refractivity contribution in [2.75, 3.05) is 31.6 Å². The van der Waals surface area contributed by atoms with Crippen LogP contribution in [-0.4, -0.2) is 47.0 Å². The Balaban J connectivity index is 0.00000133. The Morgan fingerprint density at radius 2 is 1.71 bits per heavy atom. The average molecular weight is 592 g/mol. The summed E-state index contributed by atoms with van der Waals surface area (Å²) in [6, 6.07) is 21.8. The number of imidazole rings is 1. The molecule has 198 valence electrons. The predicted molar refractivity (Wildman–Crippen MR) is 163 cm³/mol. The van der Waals surface area contributed by atoms with Gasteiger partial charge in [-0.1, -0.05) is 11.6 Å². The molecule has 3 aromatic carbocycles. The van der Waals surface area contributed by atoms with Crippen molar-refractivity contribution in [1.82, 2.24) is 20.3 Å². The summed E-state index contributed by atoms with van der Waals surface area (Å²) in [6.45, 7) is 2.90. The zero-order chi connectivity index (χ0) is 23.6. The van der Waals surface area contributed by atoms with Gasteiger partial charge in [-0.15, -0.1) is 37.2 Å². The van der Waals surface area contributed by atoms with E-state index in [4.69, 9.17) is 21.3 Å². The van der Waals surface area contributed by atoms with E-state index < -0.39 is 0 Å². The van der Waals surface area contributed by atoms with E-state index in [1.165, 1.54) is 0 Å². The highest BCUT2D eigenvalue weighted by Gasteiger charge is 2.11. The van der Waals surface area contributed by atoms with Gasteiger partial charge in [-0.25, -0.2) is 4.98 Å². The summed E-state index contributed by atoms with van der Waals surface area (Å²) >= 11 is 6.07. The van der Waals surface area contributed by atoms with Gasteiger partial charge in [0.05, 0.1) is 23.1 Å². The fourth-order valence-electron chi connectivity index (χ4n) is 4.22. The number of aromatic nitrogens is 3. The van der Waals surface area contributed by atoms with E-state index in [9.17, 15) is 0 Å². The fourth-order valence-corrected chi connectivity index (χ4v) is 4.39. The van der Waals surface area contributed by atoms with Crippen LogP contribution < -0.4 is 15.4 Å². The number of nitrogens with zero attached hydrogens (tertiary/aromatic N) is 3. The molecule has 1 aliphatic heterocycles. The van der Waals surface area contributed by atoms with Crippen LogP contribution in [0.2, 0.25) is 5.02 Å². The van der Waals surface area contributed by atoms with Gasteiger partial charge in [0.1, 0.15) is 24.0 Å². The van der Waals surface area contributed by atoms with Crippen molar-refractivity contribution < 1.29 is 4.74 Å². The second-order valence-corrected chi connectivity index (χ2v) is 8.73. The number of halogens is 4. The van der Waals surface area contributed by atoms with Crippen LogP contribution in [0, 0.1) is 0 Å². The SMILES string of the molecule is Cl.Cl.Cl.Clc1ccc2c(NCCOc3ccc(-c4nc5ccc(C6=NCCN6)cc5[nH]4)cc3)ccnc2c1. The summed E-state index contributed by atoms with van der Waals surface area (Å²) in [5.74, 6) is 2.59. The zero-order valence-electron chi connectivity index (χ0n) is 20.1. The Morgan fingerprint density at radius 1 is 0.895 bits per heavy atom. The molecule has 0 atom stereocenters. The number of ether oxygens (including phenoxy) is 1. The van der Waals surface area contributed by atoms with Gasteiger partial charge in [0.25, 0.3) is 0 Å². The maximum Gasteiger partial charge on any atom is 0.138 e. The van der Waals surface area contributed by atoms with Gasteiger partial charge in [0.2, 0.25) is 0 Å². The molecule has 0 unspecified atom stereocenters. The Morgan fingerprint density at radius 3 is 2.50 bits per heavy atom. The Hall–Kier alpha value is -3.23. The molecule has 0 fully saturated rings. The fraction of sp³-hybridized carbons (Fsp3) is 0.148. The van der Waals surface area contributed by atoms with Gasteiger partial charge in [-0.3, -0.25) is 9.98 Å². The van der Waals surface area contributed by atoms with Crippen molar-refractivity contribution in [3.63, 3.8) is 0 Å². The normalized spacial score (nSPS) is 12.1. The standard InChI is InChI=1S/C27H23ClN6O.3ClH/c28-19-4-7-21-22(9-10-29-24(21)16-19)30-13-14-35-20-5-1-17(2-6-20)27-33-23-8-3-18(15-25(23)34-27)26-31-11-12-32-26;;;/h1-10,15-16H,11-14H2,(H,29,30)(H,31,32)(H,33,34);3*1H. The van der Waals surface area contributed by atoms with Crippen LogP contribution in [0.15, 0.2) is 77.9 Å². The molecule has 3 N–H and O–H groups in total. The number of amidine groups is 1. The van der Waals surface area contributed by atoms with Crippen LogP contribution >= 0.6 is 48.8 Å². The summed E-state index contributed by atoms with van der Waals surface area (Å²) < 4.78 is 5.93. The van der Waals surface area contributed by atoms with Crippen LogP contribution in [-0.2, 0) is 0 Å². The van der Waals surface area contributed by atoms with E-state index in [0.29, 0.717) is 18.2 Å². The molecule has 38 heavy (non-hydrogen) atoms. The van der Waals surface area contributed by atoms with E-state index in [1.54, 1.807) is 6.20 Å². The molecular formula is C27H26Cl4N6O. The first kappa shape index (κ1) is 29.3. The number of aliphatic imine (C=N–C) groups is 1. The van der Waals surface area contributed by atoms with Crippen LogP contribution in [0.3, 0.4) is 0 Å². The topological polar surface area (TPSA) is 87.2 Å². The number of anilines is 1. The minimum Gasteiger partial charge on any atom is -0.492 e. The highest BCUT2D eigenvalue weighted by molar-refractivity contribution is 6.31. The number of hydrogen-bond donors (Lipinski definition) is 3. The molecule has 7 nitrogen and oxygen atoms in total. The molecule has 2 aromatic heterocycles. The van der Waals surface area contributed by atoms with Gasteiger partial charge in [0.15, 0.2) is 0 Å². The lowest BCUT2D eigenvalue weighted by Gasteiger charge is -2.11. The molecule has 0 aliphatic carbocycles. The maximum atomic E-state index is 6.07. The molecular weight excluding hydrogens is 566 g/mol. The van der Waals surface area contributed by atoms with Crippen molar-refractivity contribution >= 4 is 82.3 Å². The Kier molecular flexibility index (Phi) is 10.1. The number of aromatic amines is 1. The largest absolute Gasteiger partial charge is 0.492 e. The minimum absolute atomic E-state index is 0. The molecule has 3 heterocycles. The Labute approximate surface area is 243 Å². The van der Waals surface area contributed by atoms with E-state index in [-0.39, 0.29) is 37.2 Å². The van der Waals surface area contributed by atoms with E-state index in [1.807, 2.05) is 54.6 Å². The van der Waals surface area contributed by atoms with Gasteiger partial charge < -0.3 is 20.4 Å². The third kappa shape index (κ3) is 6.25. The van der Waals surface area contributed by atoms with Gasteiger partial charge in [-0.05, 0) is 66.7 Å². The third-order valence-corrected chi connectivity index (χ3v) is 6.18. The lowest BCUT2D eigenvalue weighted by atomic mass is 10.2. The van der Waals surface area contributed by atoms with E-state index >= 15 is 0 Å². The molecule has 0 radical (unpaired) electrons. The van der Waals surface area contributed by atoms with Gasteiger partial charge >= 0.3 is 0 Å². The van der Waals surface area contributed by atoms with Crippen LogP contribution in [0.1, 0.15) is 5.56 Å². The molecule has 0 saturated heterocycles. The van der Waals surface area contributed by atoms with Crippen molar-refractivity contribution in [2.24, 2.45) is 4.99 Å². The molecule has 0 amide bonds. The third-order valence-electron chi connectivity index (χ3n) is 5.95. The minimum atomic E-state index is 0. The monoisotopic (exact) mass is 590 g/mol. The van der Waals surface area contributed by atoms with Crippen molar-refractivity contribution in [3.05, 3.63) is 83.5 Å². The lowest BCUT2D eigenvalue weighted by Crippen LogP contribution is -2.19. The predicted octanol–water partition coefficient (Wildman–Crippen LogP) is 6.54. The average Bonchev–Trinajstić information content (AvgIpc) is 3.57. The molecule has 6 rings (SSSR count). The first-order valence-corrected chi connectivity index (χ1v) is 11.9. The Bertz CT molecular complexity index is 1560. The highest BCUT2D eigenvalue weighted by atomic mass is 35.5. The summed E-state index contributed by atoms with van der Waals surface area (Å²) in [6.07, 6.45) is 1.78. The number of benzene rings is 3. The summed E-state index contributed by atoms with van der Waals surface area (Å²) in [5.41, 5.74) is 5.88. The number of hydrogen-bond acceptors (Lipinski definition) is 6. The summed E-state index contributed by atoms with van der Waals surface area (Å²) in [5, 5.41) is 8.44. The van der Waals surface area contributed by atoms with Crippen LogP contribution in [0.5, 0.6) is 5.75 Å². The van der Waals surface area contributed by atoms with Crippen molar-refractivity contribution in [2.45, 2.75) is 0 Å². The maximum absolute atomic E-state index is 6.07. The number of rotatable bonds is 7. The number of pyridine rings is 1. The highest BCUT2D eigenvalue weighted by Crippen LogP contribution is 2.25. The molecule has 0 saturated carbocycles. The summed E-state index contributed by atoms with van der Waals surface area (Å²) in [7, 11) is 0. The smallest absolute Gasteiger partial charge is 0.138 e. The molecule has 5 aromatic rings. The van der Waals surface area contributed by atoms with Crippen molar-refractivity contribution in [3.8, 4) is 17.1 Å². The summed E-state index contributed by atoms with van der Waals surface area (Å²) in [4.78, 5) is 17.0. The first-order chi connectivity index (χ1) is 17.2. The van der Waals surface area contributed by atoms with Crippen LogP contribution in [0.25, 0.3) is 33.3 Å². The van der Waals surface area contributed by atoms with Crippen LogP contribution in [0.4, 0.5) is 5.69 Å². The molecule has 0 bridgehead atoms. The molecule has 1 aliphatic rings. The van der Waals surface area contributed by atoms with Gasteiger partial charge in [-0.2, -0.15) is 0 Å². The number of fused-ring (bicyclic) bond motifs is 2. The second-order valence-electron chi connectivity index (χ2n) is 8.29. The lowest BCUT2D eigenvalue weighted by molar-refractivity contribution is 0.333.